The third-order valence-corrected chi connectivity index (χ3v) is 8.64. The van der Waals surface area contributed by atoms with E-state index >= 15 is 0 Å². The Bertz CT molecular complexity index is 1340. The molecule has 5 heterocycles. The summed E-state index contributed by atoms with van der Waals surface area (Å²) in [5.41, 5.74) is 4.53. The lowest BCUT2D eigenvalue weighted by Gasteiger charge is -2.24. The van der Waals surface area contributed by atoms with Crippen LogP contribution in [0, 0.1) is 11.8 Å². The maximum atomic E-state index is 11.9. The second kappa shape index (κ2) is 10.7. The molecule has 0 saturated carbocycles. The summed E-state index contributed by atoms with van der Waals surface area (Å²) in [6.45, 7) is 6.05. The van der Waals surface area contributed by atoms with Crippen molar-refractivity contribution in [1.82, 2.24) is 24.6 Å². The Kier molecular flexibility index (Phi) is 7.55. The predicted octanol–water partition coefficient (Wildman–Crippen LogP) is 1.53. The van der Waals surface area contributed by atoms with Gasteiger partial charge in [-0.2, -0.15) is 13.5 Å². The van der Waals surface area contributed by atoms with E-state index in [2.05, 4.69) is 49.8 Å². The molecule has 3 aliphatic heterocycles. The standard InChI is InChI=1S/C25H31N7O3S.H2S/c1-36(33,34)32-15-18-13-31(14-19(18)16-32)20-4-2-17(3-5-20)22-10-23-24(28-7-6-27-23)25(30-22)29-12-21-11-26-8-9-35-21;/h2-7,10,18-19,21,26H,8-9,11-16H2,1H3,(H,29,30);1H2/t18?,19?,21-;/m0./s1. The molecule has 2 unspecified atom stereocenters. The van der Waals surface area contributed by atoms with Crippen molar-refractivity contribution in [3.8, 4) is 11.3 Å². The number of aromatic nitrogens is 3. The first kappa shape index (κ1) is 26.1. The van der Waals surface area contributed by atoms with Crippen LogP contribution in [0.1, 0.15) is 0 Å². The summed E-state index contributed by atoms with van der Waals surface area (Å²) in [6, 6.07) is 10.4. The van der Waals surface area contributed by atoms with Crippen molar-refractivity contribution in [1.29, 1.82) is 0 Å². The number of hydrogen-bond donors (Lipinski definition) is 2. The smallest absolute Gasteiger partial charge is 0.211 e. The summed E-state index contributed by atoms with van der Waals surface area (Å²) >= 11 is 0. The van der Waals surface area contributed by atoms with Gasteiger partial charge in [-0.3, -0.25) is 4.98 Å². The van der Waals surface area contributed by atoms with E-state index in [4.69, 9.17) is 9.72 Å². The molecule has 0 bridgehead atoms. The van der Waals surface area contributed by atoms with Gasteiger partial charge in [-0.1, -0.05) is 12.1 Å². The second-order valence-corrected chi connectivity index (χ2v) is 11.9. The average Bonchev–Trinajstić information content (AvgIpc) is 3.48. The van der Waals surface area contributed by atoms with E-state index in [1.807, 2.05) is 6.07 Å². The van der Waals surface area contributed by atoms with Gasteiger partial charge in [0.25, 0.3) is 0 Å². The zero-order valence-corrected chi connectivity index (χ0v) is 22.6. The first-order chi connectivity index (χ1) is 17.4. The molecule has 0 aliphatic carbocycles. The van der Waals surface area contributed by atoms with Gasteiger partial charge in [0, 0.05) is 69.5 Å². The number of pyridine rings is 1. The van der Waals surface area contributed by atoms with Crippen molar-refractivity contribution in [3.05, 3.63) is 42.7 Å². The van der Waals surface area contributed by atoms with Gasteiger partial charge in [0.05, 0.1) is 30.2 Å². The minimum absolute atomic E-state index is 0. The molecule has 3 aromatic rings. The topological polar surface area (TPSA) is 113 Å². The highest BCUT2D eigenvalue weighted by Gasteiger charge is 2.42. The third kappa shape index (κ3) is 5.53. The summed E-state index contributed by atoms with van der Waals surface area (Å²) in [4.78, 5) is 16.3. The van der Waals surface area contributed by atoms with Crippen molar-refractivity contribution in [2.24, 2.45) is 11.8 Å². The molecule has 198 valence electrons. The number of nitrogens with zero attached hydrogens (tertiary/aromatic N) is 5. The molecule has 3 saturated heterocycles. The molecule has 12 heteroatoms. The molecule has 3 atom stereocenters. The van der Waals surface area contributed by atoms with Crippen molar-refractivity contribution < 1.29 is 13.2 Å². The van der Waals surface area contributed by atoms with E-state index < -0.39 is 10.0 Å². The first-order valence-electron chi connectivity index (χ1n) is 12.4. The molecule has 10 nitrogen and oxygen atoms in total. The Hall–Kier alpha value is -2.51. The lowest BCUT2D eigenvalue weighted by Crippen LogP contribution is -2.42. The Morgan fingerprint density at radius 1 is 1.08 bits per heavy atom. The highest BCUT2D eigenvalue weighted by molar-refractivity contribution is 7.88. The van der Waals surface area contributed by atoms with Crippen LogP contribution in [0.3, 0.4) is 0 Å². The number of hydrogen-bond acceptors (Lipinski definition) is 9. The van der Waals surface area contributed by atoms with Crippen LogP contribution in [0.5, 0.6) is 0 Å². The Labute approximate surface area is 224 Å². The molecule has 3 aliphatic rings. The van der Waals surface area contributed by atoms with Crippen LogP contribution in [0.15, 0.2) is 42.7 Å². The summed E-state index contributed by atoms with van der Waals surface area (Å²) in [6.07, 6.45) is 4.77. The third-order valence-electron chi connectivity index (χ3n) is 7.41. The van der Waals surface area contributed by atoms with E-state index in [0.717, 1.165) is 54.2 Å². The number of anilines is 2. The van der Waals surface area contributed by atoms with Gasteiger partial charge in [0.1, 0.15) is 5.52 Å². The molecule has 1 aromatic carbocycles. The lowest BCUT2D eigenvalue weighted by molar-refractivity contribution is 0.0372. The van der Waals surface area contributed by atoms with Crippen molar-refractivity contribution in [3.63, 3.8) is 0 Å². The summed E-state index contributed by atoms with van der Waals surface area (Å²) in [7, 11) is -3.11. The fourth-order valence-corrected chi connectivity index (χ4v) is 6.40. The zero-order chi connectivity index (χ0) is 24.7. The van der Waals surface area contributed by atoms with Crippen molar-refractivity contribution in [2.75, 3.05) is 68.9 Å². The number of nitrogens with one attached hydrogen (secondary N) is 2. The molecule has 0 radical (unpaired) electrons. The largest absolute Gasteiger partial charge is 0.374 e. The van der Waals surface area contributed by atoms with Gasteiger partial charge in [-0.05, 0) is 30.0 Å². The minimum atomic E-state index is -3.11. The van der Waals surface area contributed by atoms with Crippen LogP contribution in [-0.2, 0) is 14.8 Å². The first-order valence-corrected chi connectivity index (χ1v) is 14.3. The highest BCUT2D eigenvalue weighted by atomic mass is 32.2. The predicted molar refractivity (Wildman–Crippen MR) is 150 cm³/mol. The fourth-order valence-electron chi connectivity index (χ4n) is 5.48. The second-order valence-electron chi connectivity index (χ2n) is 9.91. The van der Waals surface area contributed by atoms with Gasteiger partial charge in [0.15, 0.2) is 5.82 Å². The normalized spacial score (nSPS) is 24.1. The van der Waals surface area contributed by atoms with Gasteiger partial charge >= 0.3 is 0 Å². The van der Waals surface area contributed by atoms with E-state index in [1.54, 1.807) is 16.7 Å². The molecule has 0 amide bonds. The average molecular weight is 544 g/mol. The number of sulfonamides is 1. The Balaban J connectivity index is 0.00000280. The fraction of sp³-hybridized carbons (Fsp3) is 0.480. The van der Waals surface area contributed by atoms with Crippen LogP contribution in [0.25, 0.3) is 22.3 Å². The van der Waals surface area contributed by atoms with Crippen molar-refractivity contribution in [2.45, 2.75) is 6.10 Å². The zero-order valence-electron chi connectivity index (χ0n) is 20.8. The highest BCUT2D eigenvalue weighted by Crippen LogP contribution is 2.35. The monoisotopic (exact) mass is 543 g/mol. The Morgan fingerprint density at radius 2 is 1.81 bits per heavy atom. The van der Waals surface area contributed by atoms with Crippen LogP contribution < -0.4 is 15.5 Å². The summed E-state index contributed by atoms with van der Waals surface area (Å²) in [5, 5.41) is 6.78. The van der Waals surface area contributed by atoms with Crippen LogP contribution in [-0.4, -0.2) is 92.5 Å². The van der Waals surface area contributed by atoms with Gasteiger partial charge in [-0.15, -0.1) is 0 Å². The van der Waals surface area contributed by atoms with Crippen LogP contribution >= 0.6 is 13.5 Å². The lowest BCUT2D eigenvalue weighted by atomic mass is 10.0. The van der Waals surface area contributed by atoms with Crippen LogP contribution in [0.4, 0.5) is 11.5 Å². The number of rotatable bonds is 6. The van der Waals surface area contributed by atoms with E-state index in [9.17, 15) is 8.42 Å². The number of morpholine rings is 1. The quantitative estimate of drug-likeness (QED) is 0.478. The maximum absolute atomic E-state index is 11.9. The molecule has 6 rings (SSSR count). The maximum Gasteiger partial charge on any atom is 0.211 e. The van der Waals surface area contributed by atoms with E-state index in [0.29, 0.717) is 43.9 Å². The molecule has 0 spiro atoms. The van der Waals surface area contributed by atoms with E-state index in [-0.39, 0.29) is 19.6 Å². The molecule has 3 fully saturated rings. The summed E-state index contributed by atoms with van der Waals surface area (Å²) in [5.74, 6) is 1.48. The Morgan fingerprint density at radius 3 is 2.49 bits per heavy atom. The molecular formula is C25H33N7O3S2. The van der Waals surface area contributed by atoms with Gasteiger partial charge in [-0.25, -0.2) is 22.7 Å². The molecule has 37 heavy (non-hydrogen) atoms. The SMILES string of the molecule is CS(=O)(=O)N1CC2CN(c3ccc(-c4cc5nccnc5c(NC[C@@H]5CNCCO5)n4)cc3)CC2C1.S. The van der Waals surface area contributed by atoms with Crippen molar-refractivity contribution >= 4 is 46.1 Å². The number of ether oxygens (including phenoxy) is 1. The molecule has 2 aromatic heterocycles. The van der Waals surface area contributed by atoms with Gasteiger partial charge in [0.2, 0.25) is 10.0 Å². The molecule has 2 N–H and O–H groups in total. The number of fused-ring (bicyclic) bond motifs is 2. The van der Waals surface area contributed by atoms with E-state index in [1.165, 1.54) is 6.26 Å². The number of benzene rings is 1. The van der Waals surface area contributed by atoms with Gasteiger partial charge < -0.3 is 20.3 Å². The molecular weight excluding hydrogens is 510 g/mol. The summed E-state index contributed by atoms with van der Waals surface area (Å²) < 4.78 is 31.2. The minimum Gasteiger partial charge on any atom is -0.374 e. The van der Waals surface area contributed by atoms with Crippen LogP contribution in [0.2, 0.25) is 0 Å².